The Hall–Kier alpha value is -1.56. The maximum atomic E-state index is 12.7. The number of aryl methyl sites for hydroxylation is 1. The van der Waals surface area contributed by atoms with Crippen LogP contribution in [0, 0.1) is 12.8 Å². The SMILES string of the molecule is Cc1nn(-c2ccc(Cl)cc2)cc1C(=O)NC(CN)C1CCCCC1.Cl. The molecule has 1 unspecified atom stereocenters. The molecule has 1 amide bonds. The van der Waals surface area contributed by atoms with Crippen LogP contribution in [-0.2, 0) is 0 Å². The van der Waals surface area contributed by atoms with Gasteiger partial charge in [-0.05, 0) is 49.9 Å². The average molecular weight is 397 g/mol. The Morgan fingerprint density at radius 3 is 2.58 bits per heavy atom. The Balaban J connectivity index is 0.00000243. The second-order valence-corrected chi connectivity index (χ2v) is 7.20. The van der Waals surface area contributed by atoms with Gasteiger partial charge in [0.1, 0.15) is 0 Å². The minimum atomic E-state index is -0.0984. The third kappa shape index (κ3) is 4.78. The quantitative estimate of drug-likeness (QED) is 0.804. The van der Waals surface area contributed by atoms with Crippen molar-refractivity contribution >= 4 is 29.9 Å². The Morgan fingerprint density at radius 1 is 1.31 bits per heavy atom. The summed E-state index contributed by atoms with van der Waals surface area (Å²) in [4.78, 5) is 12.7. The van der Waals surface area contributed by atoms with E-state index < -0.39 is 0 Å². The largest absolute Gasteiger partial charge is 0.348 e. The van der Waals surface area contributed by atoms with Crippen LogP contribution in [0.3, 0.4) is 0 Å². The van der Waals surface area contributed by atoms with Crippen LogP contribution in [0.5, 0.6) is 0 Å². The average Bonchev–Trinajstić information content (AvgIpc) is 3.02. The number of carbonyl (C=O) groups excluding carboxylic acids is 1. The van der Waals surface area contributed by atoms with E-state index in [1.165, 1.54) is 19.3 Å². The van der Waals surface area contributed by atoms with E-state index in [0.717, 1.165) is 18.5 Å². The number of rotatable bonds is 5. The van der Waals surface area contributed by atoms with Gasteiger partial charge in [-0.2, -0.15) is 5.10 Å². The highest BCUT2D eigenvalue weighted by molar-refractivity contribution is 6.30. The van der Waals surface area contributed by atoms with Crippen molar-refractivity contribution < 1.29 is 4.79 Å². The molecule has 3 N–H and O–H groups in total. The normalized spacial score (nSPS) is 16.0. The number of carbonyl (C=O) groups is 1. The summed E-state index contributed by atoms with van der Waals surface area (Å²) >= 11 is 5.93. The molecule has 0 radical (unpaired) electrons. The molecular formula is C19H26Cl2N4O. The smallest absolute Gasteiger partial charge is 0.255 e. The van der Waals surface area contributed by atoms with Crippen LogP contribution in [0.15, 0.2) is 30.5 Å². The summed E-state index contributed by atoms with van der Waals surface area (Å²) in [6, 6.07) is 7.40. The lowest BCUT2D eigenvalue weighted by molar-refractivity contribution is 0.0915. The van der Waals surface area contributed by atoms with E-state index in [9.17, 15) is 4.79 Å². The van der Waals surface area contributed by atoms with Gasteiger partial charge in [-0.1, -0.05) is 30.9 Å². The van der Waals surface area contributed by atoms with Gasteiger partial charge in [0.15, 0.2) is 0 Å². The number of amides is 1. The Labute approximate surface area is 165 Å². The lowest BCUT2D eigenvalue weighted by Crippen LogP contribution is -2.46. The molecule has 1 saturated carbocycles. The van der Waals surface area contributed by atoms with Crippen LogP contribution < -0.4 is 11.1 Å². The van der Waals surface area contributed by atoms with E-state index in [1.54, 1.807) is 23.0 Å². The lowest BCUT2D eigenvalue weighted by Gasteiger charge is -2.30. The van der Waals surface area contributed by atoms with Crippen molar-refractivity contribution in [3.8, 4) is 5.69 Å². The molecule has 1 fully saturated rings. The maximum absolute atomic E-state index is 12.7. The molecule has 1 aliphatic carbocycles. The highest BCUT2D eigenvalue weighted by atomic mass is 35.5. The number of nitrogens with two attached hydrogens (primary N) is 1. The summed E-state index contributed by atoms with van der Waals surface area (Å²) in [7, 11) is 0. The number of aromatic nitrogens is 2. The van der Waals surface area contributed by atoms with E-state index in [-0.39, 0.29) is 24.4 Å². The number of halogens is 2. The summed E-state index contributed by atoms with van der Waals surface area (Å²) in [5, 5.41) is 8.26. The van der Waals surface area contributed by atoms with E-state index in [0.29, 0.717) is 28.7 Å². The molecule has 5 nitrogen and oxygen atoms in total. The molecule has 1 aliphatic rings. The number of nitrogens with one attached hydrogen (secondary N) is 1. The summed E-state index contributed by atoms with van der Waals surface area (Å²) < 4.78 is 1.71. The Bertz CT molecular complexity index is 724. The first-order valence-corrected chi connectivity index (χ1v) is 9.29. The van der Waals surface area contributed by atoms with Crippen LogP contribution in [0.25, 0.3) is 5.69 Å². The predicted octanol–water partition coefficient (Wildman–Crippen LogP) is 3.89. The molecule has 0 bridgehead atoms. The van der Waals surface area contributed by atoms with Crippen LogP contribution in [-0.4, -0.2) is 28.3 Å². The Morgan fingerprint density at radius 2 is 1.96 bits per heavy atom. The van der Waals surface area contributed by atoms with E-state index >= 15 is 0 Å². The molecule has 3 rings (SSSR count). The standard InChI is InChI=1S/C19H25ClN4O.ClH/c1-13-17(12-24(23-13)16-9-7-15(20)8-10-16)19(25)22-18(11-21)14-5-3-2-4-6-14;/h7-10,12,14,18H,2-6,11,21H2,1H3,(H,22,25);1H. The van der Waals surface area contributed by atoms with Crippen molar-refractivity contribution in [3.05, 3.63) is 46.7 Å². The third-order valence-corrected chi connectivity index (χ3v) is 5.28. The van der Waals surface area contributed by atoms with Crippen molar-refractivity contribution in [2.75, 3.05) is 6.54 Å². The highest BCUT2D eigenvalue weighted by Crippen LogP contribution is 2.26. The fraction of sp³-hybridized carbons (Fsp3) is 0.474. The Kier molecular flexibility index (Phi) is 7.50. The monoisotopic (exact) mass is 396 g/mol. The fourth-order valence-electron chi connectivity index (χ4n) is 3.56. The zero-order valence-corrected chi connectivity index (χ0v) is 16.5. The van der Waals surface area contributed by atoms with Gasteiger partial charge >= 0.3 is 0 Å². The number of benzene rings is 1. The highest BCUT2D eigenvalue weighted by Gasteiger charge is 2.25. The predicted molar refractivity (Wildman–Crippen MR) is 107 cm³/mol. The fourth-order valence-corrected chi connectivity index (χ4v) is 3.69. The zero-order valence-electron chi connectivity index (χ0n) is 15.0. The topological polar surface area (TPSA) is 72.9 Å². The molecule has 142 valence electrons. The van der Waals surface area contributed by atoms with Crippen LogP contribution >= 0.6 is 24.0 Å². The van der Waals surface area contributed by atoms with Gasteiger partial charge in [0.25, 0.3) is 5.91 Å². The first-order chi connectivity index (χ1) is 12.1. The number of nitrogens with zero attached hydrogens (tertiary/aromatic N) is 2. The molecule has 26 heavy (non-hydrogen) atoms. The molecule has 0 aliphatic heterocycles. The number of hydrogen-bond donors (Lipinski definition) is 2. The molecule has 0 spiro atoms. The van der Waals surface area contributed by atoms with Crippen molar-refractivity contribution in [2.45, 2.75) is 45.1 Å². The first-order valence-electron chi connectivity index (χ1n) is 8.91. The van der Waals surface area contributed by atoms with E-state index in [4.69, 9.17) is 17.3 Å². The van der Waals surface area contributed by atoms with Gasteiger partial charge < -0.3 is 11.1 Å². The third-order valence-electron chi connectivity index (χ3n) is 5.02. The van der Waals surface area contributed by atoms with Crippen LogP contribution in [0.4, 0.5) is 0 Å². The van der Waals surface area contributed by atoms with Gasteiger partial charge in [-0.3, -0.25) is 4.79 Å². The van der Waals surface area contributed by atoms with Crippen LogP contribution in [0.2, 0.25) is 5.02 Å². The summed E-state index contributed by atoms with van der Waals surface area (Å²) in [5.41, 5.74) is 8.09. The van der Waals surface area contributed by atoms with E-state index in [2.05, 4.69) is 10.4 Å². The van der Waals surface area contributed by atoms with Gasteiger partial charge in [-0.25, -0.2) is 4.68 Å². The lowest BCUT2D eigenvalue weighted by atomic mass is 9.84. The van der Waals surface area contributed by atoms with Crippen molar-refractivity contribution in [3.63, 3.8) is 0 Å². The van der Waals surface area contributed by atoms with Crippen LogP contribution in [0.1, 0.15) is 48.2 Å². The van der Waals surface area contributed by atoms with Crippen molar-refractivity contribution in [1.82, 2.24) is 15.1 Å². The second kappa shape index (κ2) is 9.40. The molecule has 0 saturated heterocycles. The summed E-state index contributed by atoms with van der Waals surface area (Å²) in [5.74, 6) is 0.382. The molecule has 1 aromatic heterocycles. The molecule has 1 heterocycles. The molecule has 1 aromatic carbocycles. The first kappa shape index (κ1) is 20.7. The molecular weight excluding hydrogens is 371 g/mol. The summed E-state index contributed by atoms with van der Waals surface area (Å²) in [6.45, 7) is 2.32. The molecule has 2 aromatic rings. The van der Waals surface area contributed by atoms with Gasteiger partial charge in [0, 0.05) is 23.8 Å². The molecule has 1 atom stereocenters. The summed E-state index contributed by atoms with van der Waals surface area (Å²) in [6.07, 6.45) is 7.79. The zero-order chi connectivity index (χ0) is 17.8. The van der Waals surface area contributed by atoms with Gasteiger partial charge in [0.05, 0.1) is 16.9 Å². The second-order valence-electron chi connectivity index (χ2n) is 6.76. The van der Waals surface area contributed by atoms with Gasteiger partial charge in [-0.15, -0.1) is 12.4 Å². The molecule has 7 heteroatoms. The minimum absolute atomic E-state index is 0. The minimum Gasteiger partial charge on any atom is -0.348 e. The van der Waals surface area contributed by atoms with E-state index in [1.807, 2.05) is 19.1 Å². The van der Waals surface area contributed by atoms with Crippen molar-refractivity contribution in [1.29, 1.82) is 0 Å². The maximum Gasteiger partial charge on any atom is 0.255 e. The van der Waals surface area contributed by atoms with Crippen molar-refractivity contribution in [2.24, 2.45) is 11.7 Å². The van der Waals surface area contributed by atoms with Gasteiger partial charge in [0.2, 0.25) is 0 Å². The number of hydrogen-bond acceptors (Lipinski definition) is 3.